The molecule has 0 bridgehead atoms. The third-order valence-electron chi connectivity index (χ3n) is 8.04. The van der Waals surface area contributed by atoms with Crippen LogP contribution in [0.2, 0.25) is 0 Å². The first-order valence-electron chi connectivity index (χ1n) is 14.0. The lowest BCUT2D eigenvalue weighted by Crippen LogP contribution is -2.55. The summed E-state index contributed by atoms with van der Waals surface area (Å²) in [5.41, 5.74) is -1.35. The number of alkyl halides is 3. The Hall–Kier alpha value is -3.84. The summed E-state index contributed by atoms with van der Waals surface area (Å²) in [6.07, 6.45) is -2.03. The summed E-state index contributed by atoms with van der Waals surface area (Å²) in [5, 5.41) is 2.56. The molecule has 8 nitrogen and oxygen atoms in total. The van der Waals surface area contributed by atoms with E-state index in [0.717, 1.165) is 12.1 Å². The number of nitrogens with one attached hydrogen (secondary N) is 1. The first-order valence-corrected chi connectivity index (χ1v) is 14.0. The number of carbonyl (C=O) groups is 1. The largest absolute Gasteiger partial charge is 0.417 e. The predicted molar refractivity (Wildman–Crippen MR) is 153 cm³/mol. The van der Waals surface area contributed by atoms with Crippen molar-refractivity contribution in [1.29, 1.82) is 0 Å². The van der Waals surface area contributed by atoms with Crippen LogP contribution in [0.15, 0.2) is 42.7 Å². The van der Waals surface area contributed by atoms with Crippen LogP contribution in [0.4, 0.5) is 39.3 Å². The van der Waals surface area contributed by atoms with Gasteiger partial charge in [-0.25, -0.2) is 18.7 Å². The maximum Gasteiger partial charge on any atom is 0.417 e. The number of hydrogen-bond acceptors (Lipinski definition) is 7. The van der Waals surface area contributed by atoms with E-state index in [9.17, 15) is 22.4 Å². The Morgan fingerprint density at radius 1 is 0.977 bits per heavy atom. The number of morpholine rings is 1. The van der Waals surface area contributed by atoms with E-state index in [1.54, 1.807) is 0 Å². The average Bonchev–Trinajstić information content (AvgIpc) is 2.96. The van der Waals surface area contributed by atoms with Crippen LogP contribution >= 0.6 is 0 Å². The standard InChI is InChI=1S/C30H33F5N6O2/c1-17-14-41(15-18(2)39(17)4)27-11-25(32)23(20-12-36-29(37-13-20)40-7-8-43-19(3)16-40)10-26(27)38-28(42)22-6-5-21(31)9-24(22)30(33,34)35/h5-6,9-13,17-19H,7-8,14-16H2,1-4H3,(H,38,42)/t17-,18+,19-/m0/s1. The fourth-order valence-corrected chi connectivity index (χ4v) is 5.51. The normalized spacial score (nSPS) is 21.7. The Morgan fingerprint density at radius 3 is 2.28 bits per heavy atom. The number of aromatic nitrogens is 2. The average molecular weight is 605 g/mol. The number of halogens is 5. The van der Waals surface area contributed by atoms with Crippen LogP contribution in [0.5, 0.6) is 0 Å². The summed E-state index contributed by atoms with van der Waals surface area (Å²) in [7, 11) is 1.98. The van der Waals surface area contributed by atoms with Gasteiger partial charge in [-0.2, -0.15) is 13.2 Å². The van der Waals surface area contributed by atoms with Crippen molar-refractivity contribution in [1.82, 2.24) is 14.9 Å². The molecule has 1 amide bonds. The topological polar surface area (TPSA) is 73.8 Å². The fourth-order valence-electron chi connectivity index (χ4n) is 5.51. The van der Waals surface area contributed by atoms with Gasteiger partial charge >= 0.3 is 6.18 Å². The third kappa shape index (κ3) is 6.57. The molecule has 0 radical (unpaired) electrons. The number of ether oxygens (including phenoxy) is 1. The van der Waals surface area contributed by atoms with Gasteiger partial charge in [-0.1, -0.05) is 0 Å². The second-order valence-electron chi connectivity index (χ2n) is 11.2. The van der Waals surface area contributed by atoms with E-state index in [4.69, 9.17) is 4.74 Å². The molecular formula is C30H33F5N6O2. The van der Waals surface area contributed by atoms with Gasteiger partial charge in [-0.05, 0) is 58.2 Å². The Labute approximate surface area is 246 Å². The van der Waals surface area contributed by atoms with Gasteiger partial charge in [-0.15, -0.1) is 0 Å². The quantitative estimate of drug-likeness (QED) is 0.389. The fraction of sp³-hybridized carbons (Fsp3) is 0.433. The van der Waals surface area contributed by atoms with Crippen molar-refractivity contribution >= 4 is 23.2 Å². The number of benzene rings is 2. The second-order valence-corrected chi connectivity index (χ2v) is 11.2. The highest BCUT2D eigenvalue weighted by atomic mass is 19.4. The maximum absolute atomic E-state index is 15.8. The first-order chi connectivity index (χ1) is 20.3. The molecule has 2 aliphatic heterocycles. The molecule has 2 aliphatic rings. The van der Waals surface area contributed by atoms with Gasteiger partial charge in [0.05, 0.1) is 35.2 Å². The van der Waals surface area contributed by atoms with Gasteiger partial charge in [0, 0.05) is 61.8 Å². The Balaban J connectivity index is 1.53. The Kier molecular flexibility index (Phi) is 8.57. The van der Waals surface area contributed by atoms with Gasteiger partial charge < -0.3 is 19.9 Å². The molecule has 0 aliphatic carbocycles. The molecule has 1 aromatic heterocycles. The number of likely N-dealkylation sites (N-methyl/N-ethyl adjacent to an activating group) is 1. The molecule has 230 valence electrons. The minimum atomic E-state index is -4.97. The van der Waals surface area contributed by atoms with Crippen molar-refractivity contribution in [3.05, 3.63) is 65.5 Å². The van der Waals surface area contributed by atoms with Gasteiger partial charge in [0.1, 0.15) is 11.6 Å². The number of anilines is 3. The van der Waals surface area contributed by atoms with E-state index >= 15 is 4.39 Å². The van der Waals surface area contributed by atoms with Crippen molar-refractivity contribution in [2.24, 2.45) is 0 Å². The lowest BCUT2D eigenvalue weighted by Gasteiger charge is -2.44. The molecule has 43 heavy (non-hydrogen) atoms. The number of rotatable bonds is 5. The molecule has 1 N–H and O–H groups in total. The second kappa shape index (κ2) is 12.0. The lowest BCUT2D eigenvalue weighted by atomic mass is 10.0. The highest BCUT2D eigenvalue weighted by Crippen LogP contribution is 2.37. The third-order valence-corrected chi connectivity index (χ3v) is 8.04. The maximum atomic E-state index is 15.8. The van der Waals surface area contributed by atoms with E-state index in [0.29, 0.717) is 50.0 Å². The lowest BCUT2D eigenvalue weighted by molar-refractivity contribution is -0.138. The van der Waals surface area contributed by atoms with Crippen LogP contribution < -0.4 is 15.1 Å². The van der Waals surface area contributed by atoms with Crippen LogP contribution in [0.25, 0.3) is 11.1 Å². The molecule has 3 heterocycles. The summed E-state index contributed by atoms with van der Waals surface area (Å²) in [5.74, 6) is -2.37. The summed E-state index contributed by atoms with van der Waals surface area (Å²) < 4.78 is 76.2. The minimum Gasteiger partial charge on any atom is -0.375 e. The Bertz CT molecular complexity index is 1470. The van der Waals surface area contributed by atoms with Crippen LogP contribution in [0.1, 0.15) is 36.7 Å². The molecule has 0 unspecified atom stereocenters. The summed E-state index contributed by atoms with van der Waals surface area (Å²) >= 11 is 0. The number of hydrogen-bond donors (Lipinski definition) is 1. The van der Waals surface area contributed by atoms with Crippen LogP contribution in [-0.4, -0.2) is 78.8 Å². The number of carbonyl (C=O) groups excluding carboxylic acids is 1. The smallest absolute Gasteiger partial charge is 0.375 e. The molecule has 3 atom stereocenters. The molecule has 3 aromatic rings. The molecule has 2 aromatic carbocycles. The summed E-state index contributed by atoms with van der Waals surface area (Å²) in [6.45, 7) is 8.67. The van der Waals surface area contributed by atoms with Crippen molar-refractivity contribution in [3.63, 3.8) is 0 Å². The molecule has 2 saturated heterocycles. The summed E-state index contributed by atoms with van der Waals surface area (Å²) in [6, 6.07) is 4.66. The molecular weight excluding hydrogens is 571 g/mol. The molecule has 5 rings (SSSR count). The van der Waals surface area contributed by atoms with Crippen LogP contribution in [0, 0.1) is 11.6 Å². The number of piperazine rings is 1. The van der Waals surface area contributed by atoms with Crippen molar-refractivity contribution in [2.45, 2.75) is 45.1 Å². The molecule has 13 heteroatoms. The highest BCUT2D eigenvalue weighted by Gasteiger charge is 2.36. The predicted octanol–water partition coefficient (Wildman–Crippen LogP) is 5.45. The van der Waals surface area contributed by atoms with Crippen molar-refractivity contribution in [3.8, 4) is 11.1 Å². The van der Waals surface area contributed by atoms with Crippen molar-refractivity contribution in [2.75, 3.05) is 55.0 Å². The Morgan fingerprint density at radius 2 is 1.65 bits per heavy atom. The van der Waals surface area contributed by atoms with E-state index < -0.39 is 34.8 Å². The first kappa shape index (κ1) is 30.6. The highest BCUT2D eigenvalue weighted by molar-refractivity contribution is 6.07. The van der Waals surface area contributed by atoms with Crippen LogP contribution in [0.3, 0.4) is 0 Å². The molecule has 0 spiro atoms. The summed E-state index contributed by atoms with van der Waals surface area (Å²) in [4.78, 5) is 28.1. The van der Waals surface area contributed by atoms with E-state index in [2.05, 4.69) is 20.2 Å². The SMILES string of the molecule is C[C@@H]1CN(c2cc(F)c(-c3cnc(N4CCO[C@@H](C)C4)nc3)cc2NC(=O)c2ccc(F)cc2C(F)(F)F)C[C@H](C)N1C. The van der Waals surface area contributed by atoms with Crippen LogP contribution in [-0.2, 0) is 10.9 Å². The zero-order valence-electron chi connectivity index (χ0n) is 24.3. The monoisotopic (exact) mass is 604 g/mol. The van der Waals surface area contributed by atoms with E-state index in [-0.39, 0.29) is 35.5 Å². The number of amides is 1. The van der Waals surface area contributed by atoms with Gasteiger partial charge in [0.2, 0.25) is 5.95 Å². The zero-order chi connectivity index (χ0) is 31.1. The van der Waals surface area contributed by atoms with Gasteiger partial charge in [0.25, 0.3) is 5.91 Å². The molecule has 0 saturated carbocycles. The zero-order valence-corrected chi connectivity index (χ0v) is 24.3. The van der Waals surface area contributed by atoms with Gasteiger partial charge in [-0.3, -0.25) is 9.69 Å². The van der Waals surface area contributed by atoms with E-state index in [1.807, 2.05) is 37.6 Å². The minimum absolute atomic E-state index is 0.00663. The van der Waals surface area contributed by atoms with Gasteiger partial charge in [0.15, 0.2) is 0 Å². The molecule has 2 fully saturated rings. The number of nitrogens with zero attached hydrogens (tertiary/aromatic N) is 5. The van der Waals surface area contributed by atoms with Crippen molar-refractivity contribution < 1.29 is 31.5 Å². The van der Waals surface area contributed by atoms with E-state index in [1.165, 1.54) is 24.5 Å².